The van der Waals surface area contributed by atoms with Crippen molar-refractivity contribution in [1.82, 2.24) is 10.2 Å². The third kappa shape index (κ3) is 2.12. The summed E-state index contributed by atoms with van der Waals surface area (Å²) in [7, 11) is 0. The van der Waals surface area contributed by atoms with Gasteiger partial charge in [-0.05, 0) is 12.1 Å². The number of hydrogen-bond donors (Lipinski definition) is 2. The lowest BCUT2D eigenvalue weighted by molar-refractivity contribution is -0.122. The molecule has 0 bridgehead atoms. The van der Waals surface area contributed by atoms with Crippen molar-refractivity contribution in [2.45, 2.75) is 6.10 Å². The number of nitrogens with one attached hydrogen (secondary N) is 2. The van der Waals surface area contributed by atoms with E-state index in [1.807, 2.05) is 24.3 Å². The molecule has 0 fully saturated rings. The van der Waals surface area contributed by atoms with Crippen molar-refractivity contribution >= 4 is 28.1 Å². The molecular formula is C11H10N4O2S. The summed E-state index contributed by atoms with van der Waals surface area (Å²) < 4.78 is 5.62. The Morgan fingerprint density at radius 1 is 1.50 bits per heavy atom. The highest BCUT2D eigenvalue weighted by molar-refractivity contribution is 7.13. The van der Waals surface area contributed by atoms with Gasteiger partial charge in [0.2, 0.25) is 5.13 Å². The van der Waals surface area contributed by atoms with Crippen LogP contribution in [0.1, 0.15) is 0 Å². The number of fused-ring (bicyclic) bond motifs is 1. The van der Waals surface area contributed by atoms with E-state index in [9.17, 15) is 4.79 Å². The molecule has 0 radical (unpaired) electrons. The molecule has 1 aliphatic heterocycles. The lowest BCUT2D eigenvalue weighted by Crippen LogP contribution is -2.41. The van der Waals surface area contributed by atoms with E-state index in [-0.39, 0.29) is 5.91 Å². The maximum atomic E-state index is 11.9. The molecule has 0 saturated heterocycles. The monoisotopic (exact) mass is 262 g/mol. The summed E-state index contributed by atoms with van der Waals surface area (Å²) in [4.78, 5) is 11.9. The van der Waals surface area contributed by atoms with Crippen molar-refractivity contribution in [2.24, 2.45) is 0 Å². The number of rotatable bonds is 2. The molecule has 0 saturated carbocycles. The molecule has 0 aliphatic carbocycles. The number of amides is 1. The molecule has 1 atom stereocenters. The van der Waals surface area contributed by atoms with Crippen molar-refractivity contribution in [3.05, 3.63) is 29.8 Å². The van der Waals surface area contributed by atoms with E-state index in [0.29, 0.717) is 17.4 Å². The number of hydrogen-bond acceptors (Lipinski definition) is 6. The van der Waals surface area contributed by atoms with Crippen LogP contribution in [0.5, 0.6) is 5.75 Å². The smallest absolute Gasteiger partial charge is 0.269 e. The Labute approximate surface area is 107 Å². The summed E-state index contributed by atoms with van der Waals surface area (Å²) >= 11 is 1.27. The number of anilines is 2. The van der Waals surface area contributed by atoms with Crippen molar-refractivity contribution in [3.8, 4) is 5.75 Å². The Bertz CT molecular complexity index is 558. The molecule has 1 aromatic carbocycles. The zero-order chi connectivity index (χ0) is 12.4. The molecule has 3 rings (SSSR count). The average molecular weight is 262 g/mol. The molecule has 18 heavy (non-hydrogen) atoms. The van der Waals surface area contributed by atoms with Gasteiger partial charge in [0.1, 0.15) is 11.3 Å². The number of aromatic nitrogens is 2. The van der Waals surface area contributed by atoms with E-state index in [1.54, 1.807) is 5.51 Å². The van der Waals surface area contributed by atoms with E-state index in [1.165, 1.54) is 11.3 Å². The molecular weight excluding hydrogens is 252 g/mol. The highest BCUT2D eigenvalue weighted by Gasteiger charge is 2.26. The Kier molecular flexibility index (Phi) is 2.81. The summed E-state index contributed by atoms with van der Waals surface area (Å²) in [5.41, 5.74) is 2.46. The van der Waals surface area contributed by atoms with Gasteiger partial charge in [0.15, 0.2) is 6.10 Å². The van der Waals surface area contributed by atoms with Gasteiger partial charge in [-0.3, -0.25) is 10.1 Å². The number of ether oxygens (including phenoxy) is 1. The molecule has 2 heterocycles. The molecule has 1 amide bonds. The number of carbonyl (C=O) groups excluding carboxylic acids is 1. The quantitative estimate of drug-likeness (QED) is 0.854. The molecule has 7 heteroatoms. The average Bonchev–Trinajstić information content (AvgIpc) is 2.91. The normalized spacial score (nSPS) is 17.2. The topological polar surface area (TPSA) is 76.1 Å². The van der Waals surface area contributed by atoms with Crippen LogP contribution in [-0.4, -0.2) is 28.8 Å². The molecule has 6 nitrogen and oxygen atoms in total. The van der Waals surface area contributed by atoms with Gasteiger partial charge in [-0.2, -0.15) is 0 Å². The Morgan fingerprint density at radius 3 is 3.22 bits per heavy atom. The zero-order valence-corrected chi connectivity index (χ0v) is 10.1. The fraction of sp³-hybridized carbons (Fsp3) is 0.182. The van der Waals surface area contributed by atoms with E-state index in [4.69, 9.17) is 4.74 Å². The Hall–Kier alpha value is -2.15. The number of para-hydroxylation sites is 2. The van der Waals surface area contributed by atoms with Crippen LogP contribution in [0.4, 0.5) is 10.8 Å². The van der Waals surface area contributed by atoms with Crippen LogP contribution < -0.4 is 15.4 Å². The zero-order valence-electron chi connectivity index (χ0n) is 9.29. The minimum Gasteiger partial charge on any atom is -0.477 e. The fourth-order valence-electron chi connectivity index (χ4n) is 1.67. The second-order valence-electron chi connectivity index (χ2n) is 3.72. The van der Waals surface area contributed by atoms with Gasteiger partial charge in [0, 0.05) is 0 Å². The van der Waals surface area contributed by atoms with Crippen molar-refractivity contribution in [1.29, 1.82) is 0 Å². The van der Waals surface area contributed by atoms with Crippen LogP contribution in [0.3, 0.4) is 0 Å². The molecule has 1 aliphatic rings. The summed E-state index contributed by atoms with van der Waals surface area (Å²) in [6.07, 6.45) is -0.566. The van der Waals surface area contributed by atoms with E-state index in [2.05, 4.69) is 20.8 Å². The third-order valence-electron chi connectivity index (χ3n) is 2.52. The minimum atomic E-state index is -0.566. The van der Waals surface area contributed by atoms with Crippen LogP contribution in [-0.2, 0) is 4.79 Å². The van der Waals surface area contributed by atoms with E-state index < -0.39 is 6.10 Å². The lowest BCUT2D eigenvalue weighted by atomic mass is 10.2. The van der Waals surface area contributed by atoms with E-state index >= 15 is 0 Å². The second kappa shape index (κ2) is 4.61. The van der Waals surface area contributed by atoms with Gasteiger partial charge < -0.3 is 10.1 Å². The van der Waals surface area contributed by atoms with Gasteiger partial charge in [-0.15, -0.1) is 10.2 Å². The predicted molar refractivity (Wildman–Crippen MR) is 67.9 cm³/mol. The van der Waals surface area contributed by atoms with Crippen molar-refractivity contribution in [2.75, 3.05) is 17.2 Å². The van der Waals surface area contributed by atoms with Crippen LogP contribution in [0, 0.1) is 0 Å². The van der Waals surface area contributed by atoms with Gasteiger partial charge in [0.25, 0.3) is 5.91 Å². The first-order valence-electron chi connectivity index (χ1n) is 5.39. The van der Waals surface area contributed by atoms with Gasteiger partial charge in [0.05, 0.1) is 12.2 Å². The van der Waals surface area contributed by atoms with Gasteiger partial charge in [-0.25, -0.2) is 0 Å². The maximum Gasteiger partial charge on any atom is 0.269 e. The molecule has 2 N–H and O–H groups in total. The Balaban J connectivity index is 1.70. The first kappa shape index (κ1) is 11.0. The first-order valence-corrected chi connectivity index (χ1v) is 6.27. The maximum absolute atomic E-state index is 11.9. The third-order valence-corrected chi connectivity index (χ3v) is 3.12. The summed E-state index contributed by atoms with van der Waals surface area (Å²) in [6, 6.07) is 7.52. The van der Waals surface area contributed by atoms with Crippen molar-refractivity contribution < 1.29 is 9.53 Å². The molecule has 2 aromatic rings. The predicted octanol–water partition coefficient (Wildman–Crippen LogP) is 1.35. The highest BCUT2D eigenvalue weighted by atomic mass is 32.1. The van der Waals surface area contributed by atoms with Crippen LogP contribution in [0.15, 0.2) is 29.8 Å². The van der Waals surface area contributed by atoms with Gasteiger partial charge in [-0.1, -0.05) is 23.5 Å². The lowest BCUT2D eigenvalue weighted by Gasteiger charge is -2.25. The fourth-order valence-corrected chi connectivity index (χ4v) is 2.12. The minimum absolute atomic E-state index is 0.228. The SMILES string of the molecule is O=C(Nc1nncs1)C1CNc2ccccc2O1. The number of nitrogens with zero attached hydrogens (tertiary/aromatic N) is 2. The molecule has 1 unspecified atom stereocenters. The number of benzene rings is 1. The molecule has 1 aromatic heterocycles. The largest absolute Gasteiger partial charge is 0.477 e. The summed E-state index contributed by atoms with van der Waals surface area (Å²) in [6.45, 7) is 0.432. The first-order chi connectivity index (χ1) is 8.83. The Morgan fingerprint density at radius 2 is 2.39 bits per heavy atom. The summed E-state index contributed by atoms with van der Waals surface area (Å²) in [5.74, 6) is 0.454. The molecule has 0 spiro atoms. The van der Waals surface area contributed by atoms with E-state index in [0.717, 1.165) is 5.69 Å². The number of carbonyl (C=O) groups is 1. The van der Waals surface area contributed by atoms with Crippen LogP contribution in [0.25, 0.3) is 0 Å². The summed E-state index contributed by atoms with van der Waals surface area (Å²) in [5, 5.41) is 13.7. The standard InChI is InChI=1S/C11H10N4O2S/c16-10(14-11-15-13-6-18-11)9-5-12-7-3-1-2-4-8(7)17-9/h1-4,6,9,12H,5H2,(H,14,15,16). The molecule has 92 valence electrons. The highest BCUT2D eigenvalue weighted by Crippen LogP contribution is 2.28. The van der Waals surface area contributed by atoms with Crippen LogP contribution >= 0.6 is 11.3 Å². The van der Waals surface area contributed by atoms with Crippen LogP contribution in [0.2, 0.25) is 0 Å². The van der Waals surface area contributed by atoms with Gasteiger partial charge >= 0.3 is 0 Å². The van der Waals surface area contributed by atoms with Crippen molar-refractivity contribution in [3.63, 3.8) is 0 Å². The second-order valence-corrected chi connectivity index (χ2v) is 4.55.